The summed E-state index contributed by atoms with van der Waals surface area (Å²) in [4.78, 5) is 35.8. The number of methoxy groups -OCH3 is 1. The van der Waals surface area contributed by atoms with Crippen molar-refractivity contribution in [3.63, 3.8) is 0 Å². The smallest absolute Gasteiger partial charge is 0.307 e. The van der Waals surface area contributed by atoms with Gasteiger partial charge in [-0.15, -0.1) is 11.8 Å². The zero-order valence-electron chi connectivity index (χ0n) is 15.3. The van der Waals surface area contributed by atoms with Crippen LogP contribution in [0.15, 0.2) is 54.6 Å². The van der Waals surface area contributed by atoms with Gasteiger partial charge in [-0.3, -0.25) is 14.4 Å². The van der Waals surface area contributed by atoms with Crippen LogP contribution in [0.1, 0.15) is 18.0 Å². The van der Waals surface area contributed by atoms with Gasteiger partial charge in [0, 0.05) is 10.7 Å². The summed E-state index contributed by atoms with van der Waals surface area (Å²) in [6.07, 6.45) is 0.0357. The van der Waals surface area contributed by atoms with Gasteiger partial charge in [0.25, 0.3) is 0 Å². The van der Waals surface area contributed by atoms with Gasteiger partial charge < -0.3 is 15.4 Å². The highest BCUT2D eigenvalue weighted by Crippen LogP contribution is 2.18. The lowest BCUT2D eigenvalue weighted by Crippen LogP contribution is -2.32. The Bertz CT molecular complexity index is 800. The van der Waals surface area contributed by atoms with Crippen LogP contribution in [-0.4, -0.2) is 36.4 Å². The van der Waals surface area contributed by atoms with E-state index < -0.39 is 12.0 Å². The van der Waals surface area contributed by atoms with E-state index in [9.17, 15) is 14.4 Å². The molecule has 0 bridgehead atoms. The maximum atomic E-state index is 12.2. The summed E-state index contributed by atoms with van der Waals surface area (Å²) in [6, 6.07) is 15.5. The van der Waals surface area contributed by atoms with Crippen molar-refractivity contribution >= 4 is 46.8 Å². The molecule has 1 atom stereocenters. The fourth-order valence-electron chi connectivity index (χ4n) is 2.39. The average molecular weight is 421 g/mol. The monoisotopic (exact) mass is 420 g/mol. The van der Waals surface area contributed by atoms with E-state index in [0.29, 0.717) is 10.7 Å². The number of amides is 2. The molecule has 2 amide bonds. The van der Waals surface area contributed by atoms with Crippen LogP contribution in [0.3, 0.4) is 0 Å². The highest BCUT2D eigenvalue weighted by Gasteiger charge is 2.19. The van der Waals surface area contributed by atoms with Crippen molar-refractivity contribution in [3.05, 3.63) is 65.2 Å². The van der Waals surface area contributed by atoms with E-state index in [1.165, 1.54) is 18.9 Å². The molecule has 0 spiro atoms. The van der Waals surface area contributed by atoms with Crippen molar-refractivity contribution in [3.8, 4) is 0 Å². The van der Waals surface area contributed by atoms with Gasteiger partial charge in [-0.25, -0.2) is 0 Å². The summed E-state index contributed by atoms with van der Waals surface area (Å²) in [7, 11) is 1.31. The molecule has 0 fully saturated rings. The third kappa shape index (κ3) is 7.62. The molecule has 8 heteroatoms. The fraction of sp³-hybridized carbons (Fsp3) is 0.250. The van der Waals surface area contributed by atoms with Crippen LogP contribution in [-0.2, 0) is 19.1 Å². The number of nitrogens with one attached hydrogen (secondary N) is 2. The summed E-state index contributed by atoms with van der Waals surface area (Å²) < 4.78 is 4.70. The highest BCUT2D eigenvalue weighted by atomic mass is 35.5. The Labute approximate surface area is 173 Å². The molecule has 148 valence electrons. The first-order valence-corrected chi connectivity index (χ1v) is 10.1. The third-order valence-corrected chi connectivity index (χ3v) is 4.91. The molecule has 2 aromatic carbocycles. The van der Waals surface area contributed by atoms with Crippen LogP contribution in [0, 0.1) is 0 Å². The van der Waals surface area contributed by atoms with E-state index >= 15 is 0 Å². The molecule has 0 aliphatic heterocycles. The number of halogens is 1. The van der Waals surface area contributed by atoms with Crippen molar-refractivity contribution in [1.82, 2.24) is 5.32 Å². The number of anilines is 1. The predicted molar refractivity (Wildman–Crippen MR) is 111 cm³/mol. The van der Waals surface area contributed by atoms with E-state index in [2.05, 4.69) is 10.6 Å². The van der Waals surface area contributed by atoms with Crippen LogP contribution in [0.4, 0.5) is 5.69 Å². The van der Waals surface area contributed by atoms with Crippen molar-refractivity contribution < 1.29 is 19.1 Å². The standard InChI is InChI=1S/C20H21ClN2O4S/c1-27-20(26)11-17(14-5-3-2-4-6-14)23-19(25)13-28-12-18(24)22-16-9-7-15(21)8-10-16/h2-10,17H,11-13H2,1H3,(H,22,24)(H,23,25)/t17-/m1/s1. The minimum Gasteiger partial charge on any atom is -0.469 e. The maximum Gasteiger partial charge on any atom is 0.307 e. The number of ether oxygens (including phenoxy) is 1. The molecule has 0 saturated heterocycles. The minimum atomic E-state index is -0.482. The molecule has 0 aromatic heterocycles. The van der Waals surface area contributed by atoms with Gasteiger partial charge in [-0.05, 0) is 29.8 Å². The summed E-state index contributed by atoms with van der Waals surface area (Å²) in [5, 5.41) is 6.14. The molecule has 0 aliphatic rings. The fourth-order valence-corrected chi connectivity index (χ4v) is 3.14. The van der Waals surface area contributed by atoms with Gasteiger partial charge in [0.2, 0.25) is 11.8 Å². The number of thioether (sulfide) groups is 1. The Balaban J connectivity index is 1.81. The Kier molecular flexibility index (Phi) is 8.84. The van der Waals surface area contributed by atoms with E-state index in [-0.39, 0.29) is 29.7 Å². The number of rotatable bonds is 9. The number of hydrogen-bond acceptors (Lipinski definition) is 5. The molecular weight excluding hydrogens is 400 g/mol. The second-order valence-electron chi connectivity index (χ2n) is 5.86. The third-order valence-electron chi connectivity index (χ3n) is 3.73. The quantitative estimate of drug-likeness (QED) is 0.607. The predicted octanol–water partition coefficient (Wildman–Crippen LogP) is 3.43. The topological polar surface area (TPSA) is 84.5 Å². The normalized spacial score (nSPS) is 11.4. The lowest BCUT2D eigenvalue weighted by Gasteiger charge is -2.18. The van der Waals surface area contributed by atoms with Gasteiger partial charge in [0.15, 0.2) is 0 Å². The summed E-state index contributed by atoms with van der Waals surface area (Å²) in [6.45, 7) is 0. The second kappa shape index (κ2) is 11.4. The summed E-state index contributed by atoms with van der Waals surface area (Å²) in [5.41, 5.74) is 1.45. The SMILES string of the molecule is COC(=O)C[C@@H](NC(=O)CSCC(=O)Nc1ccc(Cl)cc1)c1ccccc1. The van der Waals surface area contributed by atoms with Crippen molar-refractivity contribution in [1.29, 1.82) is 0 Å². The molecule has 0 aliphatic carbocycles. The maximum absolute atomic E-state index is 12.2. The zero-order valence-corrected chi connectivity index (χ0v) is 16.9. The zero-order chi connectivity index (χ0) is 20.4. The minimum absolute atomic E-state index is 0.0357. The molecule has 2 aromatic rings. The number of esters is 1. The molecule has 28 heavy (non-hydrogen) atoms. The molecule has 0 saturated carbocycles. The Hall–Kier alpha value is -2.51. The van der Waals surface area contributed by atoms with Crippen molar-refractivity contribution in [2.75, 3.05) is 23.9 Å². The first kappa shape index (κ1) is 21.8. The first-order chi connectivity index (χ1) is 13.5. The molecular formula is C20H21ClN2O4S. The Morgan fingerprint density at radius 1 is 1.00 bits per heavy atom. The summed E-state index contributed by atoms with van der Waals surface area (Å²) in [5.74, 6) is -0.665. The van der Waals surface area contributed by atoms with E-state index in [0.717, 1.165) is 5.56 Å². The number of carbonyl (C=O) groups excluding carboxylic acids is 3. The molecule has 2 N–H and O–H groups in total. The second-order valence-corrected chi connectivity index (χ2v) is 7.28. The number of benzene rings is 2. The van der Waals surface area contributed by atoms with Crippen LogP contribution >= 0.6 is 23.4 Å². The van der Waals surface area contributed by atoms with Crippen LogP contribution in [0.2, 0.25) is 5.02 Å². The number of hydrogen-bond donors (Lipinski definition) is 2. The van der Waals surface area contributed by atoms with Gasteiger partial charge >= 0.3 is 5.97 Å². The Morgan fingerprint density at radius 2 is 1.64 bits per heavy atom. The molecule has 0 unspecified atom stereocenters. The number of carbonyl (C=O) groups is 3. The largest absolute Gasteiger partial charge is 0.469 e. The molecule has 2 rings (SSSR count). The van der Waals surface area contributed by atoms with Crippen molar-refractivity contribution in [2.24, 2.45) is 0 Å². The van der Waals surface area contributed by atoms with E-state index in [4.69, 9.17) is 16.3 Å². The van der Waals surface area contributed by atoms with Gasteiger partial charge in [0.1, 0.15) is 0 Å². The lowest BCUT2D eigenvalue weighted by atomic mass is 10.0. The highest BCUT2D eigenvalue weighted by molar-refractivity contribution is 8.00. The van der Waals surface area contributed by atoms with Crippen LogP contribution in [0.25, 0.3) is 0 Å². The average Bonchev–Trinajstić information content (AvgIpc) is 2.69. The molecule has 6 nitrogen and oxygen atoms in total. The summed E-state index contributed by atoms with van der Waals surface area (Å²) >= 11 is 6.99. The molecule has 0 radical (unpaired) electrons. The lowest BCUT2D eigenvalue weighted by molar-refractivity contribution is -0.141. The van der Waals surface area contributed by atoms with Crippen LogP contribution < -0.4 is 10.6 Å². The van der Waals surface area contributed by atoms with Gasteiger partial charge in [-0.1, -0.05) is 41.9 Å². The Morgan fingerprint density at radius 3 is 2.29 bits per heavy atom. The first-order valence-electron chi connectivity index (χ1n) is 8.52. The van der Waals surface area contributed by atoms with Crippen LogP contribution in [0.5, 0.6) is 0 Å². The van der Waals surface area contributed by atoms with Gasteiger partial charge in [-0.2, -0.15) is 0 Å². The van der Waals surface area contributed by atoms with Gasteiger partial charge in [0.05, 0.1) is 31.1 Å². The van der Waals surface area contributed by atoms with Crippen molar-refractivity contribution in [2.45, 2.75) is 12.5 Å². The van der Waals surface area contributed by atoms with E-state index in [1.807, 2.05) is 30.3 Å². The van der Waals surface area contributed by atoms with E-state index in [1.54, 1.807) is 24.3 Å². The molecule has 0 heterocycles.